The molecule has 1 aromatic rings. The van der Waals surface area contributed by atoms with Crippen LogP contribution >= 0.6 is 0 Å². The Morgan fingerprint density at radius 1 is 1.21 bits per heavy atom. The van der Waals surface area contributed by atoms with Crippen molar-refractivity contribution in [3.05, 3.63) is 6.20 Å². The Kier molecular flexibility index (Phi) is 4.81. The molecule has 0 saturated heterocycles. The smallest absolute Gasteiger partial charge is 0.147 e. The number of hydrogen-bond acceptors (Lipinski definition) is 5. The van der Waals surface area contributed by atoms with Crippen LogP contribution < -0.4 is 11.1 Å². The number of nitrogen functional groups attached to an aromatic ring is 1. The molecule has 0 aliphatic carbocycles. The maximum absolute atomic E-state index is 9.32. The van der Waals surface area contributed by atoms with Gasteiger partial charge in [0.05, 0.1) is 18.4 Å². The molecule has 6 heteroatoms. The summed E-state index contributed by atoms with van der Waals surface area (Å²) >= 11 is 0. The number of rotatable bonds is 7. The van der Waals surface area contributed by atoms with Crippen LogP contribution in [-0.2, 0) is 6.54 Å². The predicted molar refractivity (Wildman–Crippen MR) is 76.9 cm³/mol. The molecule has 0 fully saturated rings. The summed E-state index contributed by atoms with van der Waals surface area (Å²) in [5.74, 6) is 0.739. The zero-order valence-corrected chi connectivity index (χ0v) is 12.3. The van der Waals surface area contributed by atoms with Crippen molar-refractivity contribution in [2.45, 2.75) is 34.2 Å². The van der Waals surface area contributed by atoms with Crippen molar-refractivity contribution in [2.24, 2.45) is 10.8 Å². The summed E-state index contributed by atoms with van der Waals surface area (Å²) in [6.45, 7) is 9.20. The first-order chi connectivity index (χ1) is 8.71. The van der Waals surface area contributed by atoms with Crippen LogP contribution in [-0.4, -0.2) is 39.8 Å². The second kappa shape index (κ2) is 5.79. The maximum Gasteiger partial charge on any atom is 0.147 e. The average Bonchev–Trinajstić information content (AvgIpc) is 2.67. The minimum Gasteiger partial charge on any atom is -0.396 e. The van der Waals surface area contributed by atoms with Crippen LogP contribution in [0, 0.1) is 10.8 Å². The first-order valence-corrected chi connectivity index (χ1v) is 6.48. The molecule has 0 atom stereocenters. The van der Waals surface area contributed by atoms with Gasteiger partial charge >= 0.3 is 0 Å². The molecule has 0 unspecified atom stereocenters. The molecule has 1 rings (SSSR count). The fourth-order valence-corrected chi connectivity index (χ4v) is 1.55. The van der Waals surface area contributed by atoms with Gasteiger partial charge in [0.25, 0.3) is 0 Å². The number of aliphatic hydroxyl groups is 2. The molecular formula is C13H26N4O2. The van der Waals surface area contributed by atoms with E-state index >= 15 is 0 Å². The van der Waals surface area contributed by atoms with Crippen molar-refractivity contribution in [2.75, 3.05) is 30.8 Å². The molecule has 0 spiro atoms. The van der Waals surface area contributed by atoms with Crippen LogP contribution in [0.15, 0.2) is 6.20 Å². The lowest BCUT2D eigenvalue weighted by Gasteiger charge is -2.25. The Morgan fingerprint density at radius 2 is 1.79 bits per heavy atom. The van der Waals surface area contributed by atoms with E-state index in [-0.39, 0.29) is 24.0 Å². The Morgan fingerprint density at radius 3 is 2.32 bits per heavy atom. The highest BCUT2D eigenvalue weighted by Gasteiger charge is 2.22. The van der Waals surface area contributed by atoms with Gasteiger partial charge < -0.3 is 21.3 Å². The lowest BCUT2D eigenvalue weighted by atomic mass is 9.94. The van der Waals surface area contributed by atoms with Gasteiger partial charge in [0.15, 0.2) is 0 Å². The summed E-state index contributed by atoms with van der Waals surface area (Å²) in [6.07, 6.45) is 1.60. The van der Waals surface area contributed by atoms with Crippen molar-refractivity contribution in [3.63, 3.8) is 0 Å². The van der Waals surface area contributed by atoms with E-state index in [4.69, 9.17) is 5.73 Å². The van der Waals surface area contributed by atoms with Crippen LogP contribution in [0.5, 0.6) is 0 Å². The summed E-state index contributed by atoms with van der Waals surface area (Å²) in [4.78, 5) is 0. The lowest BCUT2D eigenvalue weighted by molar-refractivity contribution is 0.137. The maximum atomic E-state index is 9.32. The van der Waals surface area contributed by atoms with Gasteiger partial charge in [-0.25, -0.2) is 4.68 Å². The molecule has 0 aromatic carbocycles. The minimum atomic E-state index is -0.263. The van der Waals surface area contributed by atoms with E-state index in [9.17, 15) is 10.2 Å². The van der Waals surface area contributed by atoms with Gasteiger partial charge in [-0.05, 0) is 0 Å². The Balaban J connectivity index is 2.81. The Bertz CT molecular complexity index is 413. The van der Waals surface area contributed by atoms with Crippen molar-refractivity contribution in [1.29, 1.82) is 0 Å². The zero-order chi connectivity index (χ0) is 14.7. The number of hydrogen-bond donors (Lipinski definition) is 4. The summed E-state index contributed by atoms with van der Waals surface area (Å²) in [5, 5.41) is 26.0. The first-order valence-electron chi connectivity index (χ1n) is 6.48. The monoisotopic (exact) mass is 270 g/mol. The molecule has 0 aliphatic rings. The van der Waals surface area contributed by atoms with E-state index in [0.717, 1.165) is 5.82 Å². The van der Waals surface area contributed by atoms with Gasteiger partial charge in [-0.1, -0.05) is 27.7 Å². The molecule has 0 saturated carbocycles. The number of aromatic nitrogens is 2. The summed E-state index contributed by atoms with van der Waals surface area (Å²) in [5.41, 5.74) is 5.98. The molecular weight excluding hydrogens is 244 g/mol. The van der Waals surface area contributed by atoms with E-state index in [2.05, 4.69) is 10.4 Å². The standard InChI is InChI=1S/C13H26N4O2/c1-12(2,8-18)6-15-11-10(14)5-16-17(11)7-13(3,4)9-19/h5,15,18-19H,6-9,14H2,1-4H3. The van der Waals surface area contributed by atoms with E-state index in [0.29, 0.717) is 18.8 Å². The number of nitrogens with one attached hydrogen (secondary N) is 1. The fraction of sp³-hybridized carbons (Fsp3) is 0.769. The topological polar surface area (TPSA) is 96.3 Å². The van der Waals surface area contributed by atoms with Crippen molar-refractivity contribution >= 4 is 11.5 Å². The van der Waals surface area contributed by atoms with E-state index in [1.165, 1.54) is 0 Å². The van der Waals surface area contributed by atoms with Crippen molar-refractivity contribution in [3.8, 4) is 0 Å². The van der Waals surface area contributed by atoms with E-state index in [1.807, 2.05) is 27.7 Å². The molecule has 1 aromatic heterocycles. The number of nitrogens with zero attached hydrogens (tertiary/aromatic N) is 2. The third kappa shape index (κ3) is 4.40. The van der Waals surface area contributed by atoms with Crippen LogP contribution in [0.4, 0.5) is 11.5 Å². The van der Waals surface area contributed by atoms with Gasteiger partial charge in [-0.15, -0.1) is 0 Å². The number of anilines is 2. The second-order valence-electron chi connectivity index (χ2n) is 6.60. The highest BCUT2D eigenvalue weighted by molar-refractivity contribution is 5.60. The second-order valence-corrected chi connectivity index (χ2v) is 6.60. The largest absolute Gasteiger partial charge is 0.396 e. The van der Waals surface area contributed by atoms with Crippen LogP contribution in [0.1, 0.15) is 27.7 Å². The molecule has 19 heavy (non-hydrogen) atoms. The Labute approximate surface area is 114 Å². The van der Waals surface area contributed by atoms with Crippen molar-refractivity contribution in [1.82, 2.24) is 9.78 Å². The zero-order valence-electron chi connectivity index (χ0n) is 12.3. The molecule has 0 radical (unpaired) electrons. The molecule has 5 N–H and O–H groups in total. The van der Waals surface area contributed by atoms with Crippen LogP contribution in [0.3, 0.4) is 0 Å². The summed E-state index contributed by atoms with van der Waals surface area (Å²) in [7, 11) is 0. The van der Waals surface area contributed by atoms with Crippen LogP contribution in [0.25, 0.3) is 0 Å². The van der Waals surface area contributed by atoms with Crippen LogP contribution in [0.2, 0.25) is 0 Å². The van der Waals surface area contributed by atoms with Gasteiger partial charge in [-0.3, -0.25) is 0 Å². The van der Waals surface area contributed by atoms with Gasteiger partial charge in [0.1, 0.15) is 5.82 Å². The SMILES string of the molecule is CC(C)(CO)CNc1c(N)cnn1CC(C)(C)CO. The number of aliphatic hydroxyl groups excluding tert-OH is 2. The quantitative estimate of drug-likeness (QED) is 0.590. The predicted octanol–water partition coefficient (Wildman–Crippen LogP) is 0.914. The molecule has 1 heterocycles. The Hall–Kier alpha value is -1.27. The molecule has 0 amide bonds. The summed E-state index contributed by atoms with van der Waals surface area (Å²) in [6, 6.07) is 0. The third-order valence-corrected chi connectivity index (χ3v) is 3.04. The highest BCUT2D eigenvalue weighted by atomic mass is 16.3. The molecule has 110 valence electrons. The first kappa shape index (κ1) is 15.8. The molecule has 0 bridgehead atoms. The molecule has 0 aliphatic heterocycles. The minimum absolute atomic E-state index is 0.0777. The van der Waals surface area contributed by atoms with Gasteiger partial charge in [0.2, 0.25) is 0 Å². The van der Waals surface area contributed by atoms with Gasteiger partial charge in [0, 0.05) is 30.6 Å². The third-order valence-electron chi connectivity index (χ3n) is 3.04. The molecule has 6 nitrogen and oxygen atoms in total. The average molecular weight is 270 g/mol. The normalized spacial score (nSPS) is 12.7. The lowest BCUT2D eigenvalue weighted by Crippen LogP contribution is -2.29. The van der Waals surface area contributed by atoms with E-state index < -0.39 is 0 Å². The highest BCUT2D eigenvalue weighted by Crippen LogP contribution is 2.25. The van der Waals surface area contributed by atoms with Gasteiger partial charge in [-0.2, -0.15) is 5.10 Å². The number of nitrogens with two attached hydrogens (primary N) is 1. The fourth-order valence-electron chi connectivity index (χ4n) is 1.55. The van der Waals surface area contributed by atoms with E-state index in [1.54, 1.807) is 10.9 Å². The van der Waals surface area contributed by atoms with Crippen molar-refractivity contribution < 1.29 is 10.2 Å². The summed E-state index contributed by atoms with van der Waals surface area (Å²) < 4.78 is 1.76.